The largest absolute Gasteiger partial charge is 0.466 e. The minimum atomic E-state index is -1.25. The van der Waals surface area contributed by atoms with Crippen molar-refractivity contribution < 1.29 is 14.3 Å². The van der Waals surface area contributed by atoms with Crippen LogP contribution in [0.1, 0.15) is 42.3 Å². The van der Waals surface area contributed by atoms with Crippen LogP contribution in [0.2, 0.25) is 0 Å². The van der Waals surface area contributed by atoms with Crippen LogP contribution in [0.3, 0.4) is 0 Å². The first-order chi connectivity index (χ1) is 10.8. The Bertz CT molecular complexity index is 663. The van der Waals surface area contributed by atoms with Crippen molar-refractivity contribution in [1.29, 1.82) is 0 Å². The maximum Gasteiger partial charge on any atom is 0.315 e. The second-order valence-corrected chi connectivity index (χ2v) is 6.09. The summed E-state index contributed by atoms with van der Waals surface area (Å²) in [6.45, 7) is 7.69. The van der Waals surface area contributed by atoms with Crippen LogP contribution in [-0.2, 0) is 5.60 Å². The normalized spacial score (nSPS) is 14.8. The highest BCUT2D eigenvalue weighted by Gasteiger charge is 2.27. The van der Waals surface area contributed by atoms with E-state index in [0.29, 0.717) is 5.76 Å². The number of nitrogens with one attached hydrogen (secondary N) is 2. The van der Waals surface area contributed by atoms with Gasteiger partial charge in [-0.15, -0.1) is 0 Å². The minimum Gasteiger partial charge on any atom is -0.466 e. The van der Waals surface area contributed by atoms with E-state index in [1.807, 2.05) is 39.0 Å². The van der Waals surface area contributed by atoms with Gasteiger partial charge in [0.15, 0.2) is 0 Å². The molecule has 0 radical (unpaired) electrons. The Kier molecular flexibility index (Phi) is 5.11. The van der Waals surface area contributed by atoms with Gasteiger partial charge in [-0.1, -0.05) is 18.2 Å². The fourth-order valence-corrected chi connectivity index (χ4v) is 2.49. The van der Waals surface area contributed by atoms with Crippen molar-refractivity contribution in [1.82, 2.24) is 10.6 Å². The predicted octanol–water partition coefficient (Wildman–Crippen LogP) is 3.16. The summed E-state index contributed by atoms with van der Waals surface area (Å²) in [5.74, 6) is 0.417. The van der Waals surface area contributed by atoms with E-state index in [-0.39, 0.29) is 18.6 Å². The summed E-state index contributed by atoms with van der Waals surface area (Å²) >= 11 is 0. The fourth-order valence-electron chi connectivity index (χ4n) is 2.49. The molecular formula is C18H24N2O3. The molecule has 0 aliphatic heterocycles. The molecule has 2 aromatic rings. The lowest BCUT2D eigenvalue weighted by Gasteiger charge is -2.23. The third-order valence-corrected chi connectivity index (χ3v) is 4.11. The highest BCUT2D eigenvalue weighted by molar-refractivity contribution is 5.74. The van der Waals surface area contributed by atoms with Gasteiger partial charge in [0.1, 0.15) is 11.4 Å². The summed E-state index contributed by atoms with van der Waals surface area (Å²) in [5, 5.41) is 15.9. The van der Waals surface area contributed by atoms with Gasteiger partial charge in [0.2, 0.25) is 0 Å². The van der Waals surface area contributed by atoms with Gasteiger partial charge in [-0.2, -0.15) is 0 Å². The Balaban J connectivity index is 1.93. The van der Waals surface area contributed by atoms with E-state index in [9.17, 15) is 9.90 Å². The molecule has 0 saturated heterocycles. The van der Waals surface area contributed by atoms with Gasteiger partial charge < -0.3 is 20.2 Å². The molecule has 2 rings (SSSR count). The zero-order chi connectivity index (χ0) is 17.0. The number of aryl methyl sites for hydroxylation is 1. The lowest BCUT2D eigenvalue weighted by atomic mass is 9.98. The van der Waals surface area contributed by atoms with Gasteiger partial charge in [0, 0.05) is 0 Å². The number of rotatable bonds is 5. The third-order valence-electron chi connectivity index (χ3n) is 4.11. The standard InChI is InChI=1S/C18H24N2O3/c1-12-7-5-8-15(13(12)2)14(3)20-17(21)19-11-18(4,22)16-9-6-10-23-16/h5-10,14,22H,11H2,1-4H3,(H2,19,20,21). The van der Waals surface area contributed by atoms with Gasteiger partial charge in [0.05, 0.1) is 18.8 Å². The van der Waals surface area contributed by atoms with E-state index >= 15 is 0 Å². The molecule has 0 bridgehead atoms. The molecule has 124 valence electrons. The van der Waals surface area contributed by atoms with Crippen molar-refractivity contribution in [2.75, 3.05) is 6.54 Å². The SMILES string of the molecule is Cc1cccc(C(C)NC(=O)NCC(C)(O)c2ccco2)c1C. The molecule has 0 spiro atoms. The molecular weight excluding hydrogens is 292 g/mol. The molecule has 5 nitrogen and oxygen atoms in total. The zero-order valence-electron chi connectivity index (χ0n) is 14.0. The van der Waals surface area contributed by atoms with E-state index in [1.165, 1.54) is 17.4 Å². The van der Waals surface area contributed by atoms with E-state index < -0.39 is 5.60 Å². The van der Waals surface area contributed by atoms with Gasteiger partial charge in [-0.05, 0) is 56.5 Å². The predicted molar refractivity (Wildman–Crippen MR) is 89.1 cm³/mol. The molecule has 23 heavy (non-hydrogen) atoms. The highest BCUT2D eigenvalue weighted by Crippen LogP contribution is 2.21. The van der Waals surface area contributed by atoms with E-state index in [0.717, 1.165) is 5.56 Å². The van der Waals surface area contributed by atoms with Crippen LogP contribution in [0, 0.1) is 13.8 Å². The maximum atomic E-state index is 12.1. The van der Waals surface area contributed by atoms with E-state index in [2.05, 4.69) is 10.6 Å². The summed E-state index contributed by atoms with van der Waals surface area (Å²) in [5.41, 5.74) is 2.20. The quantitative estimate of drug-likeness (QED) is 0.793. The summed E-state index contributed by atoms with van der Waals surface area (Å²) in [6, 6.07) is 8.97. The molecule has 2 amide bonds. The molecule has 2 unspecified atom stereocenters. The second kappa shape index (κ2) is 6.87. The molecule has 0 aliphatic carbocycles. The van der Waals surface area contributed by atoms with Gasteiger partial charge in [0.25, 0.3) is 0 Å². The number of amides is 2. The Morgan fingerprint density at radius 1 is 1.30 bits per heavy atom. The summed E-state index contributed by atoms with van der Waals surface area (Å²) in [4.78, 5) is 12.1. The maximum absolute atomic E-state index is 12.1. The Hall–Kier alpha value is -2.27. The van der Waals surface area contributed by atoms with Crippen molar-refractivity contribution >= 4 is 6.03 Å². The Morgan fingerprint density at radius 2 is 2.04 bits per heavy atom. The Morgan fingerprint density at radius 3 is 2.70 bits per heavy atom. The lowest BCUT2D eigenvalue weighted by molar-refractivity contribution is 0.0366. The van der Waals surface area contributed by atoms with Gasteiger partial charge >= 0.3 is 6.03 Å². The van der Waals surface area contributed by atoms with Crippen LogP contribution < -0.4 is 10.6 Å². The van der Waals surface area contributed by atoms with Crippen molar-refractivity contribution in [3.63, 3.8) is 0 Å². The lowest BCUT2D eigenvalue weighted by Crippen LogP contribution is -2.44. The molecule has 1 heterocycles. The van der Waals surface area contributed by atoms with Crippen LogP contribution in [0.5, 0.6) is 0 Å². The van der Waals surface area contributed by atoms with Crippen LogP contribution in [0.25, 0.3) is 0 Å². The smallest absolute Gasteiger partial charge is 0.315 e. The summed E-state index contributed by atoms with van der Waals surface area (Å²) in [7, 11) is 0. The van der Waals surface area contributed by atoms with Crippen LogP contribution >= 0.6 is 0 Å². The number of carbonyl (C=O) groups excluding carboxylic acids is 1. The van der Waals surface area contributed by atoms with E-state index in [1.54, 1.807) is 19.1 Å². The van der Waals surface area contributed by atoms with Crippen LogP contribution in [-0.4, -0.2) is 17.7 Å². The molecule has 3 N–H and O–H groups in total. The molecule has 5 heteroatoms. The number of carbonyl (C=O) groups is 1. The molecule has 1 aromatic carbocycles. The third kappa shape index (κ3) is 4.13. The van der Waals surface area contributed by atoms with Crippen molar-refractivity contribution in [3.05, 3.63) is 59.0 Å². The monoisotopic (exact) mass is 316 g/mol. The van der Waals surface area contributed by atoms with Gasteiger partial charge in [-0.25, -0.2) is 4.79 Å². The Labute approximate surface area is 136 Å². The number of urea groups is 1. The molecule has 0 aliphatic rings. The van der Waals surface area contributed by atoms with Crippen LogP contribution in [0.15, 0.2) is 41.0 Å². The fraction of sp³-hybridized carbons (Fsp3) is 0.389. The number of furan rings is 1. The second-order valence-electron chi connectivity index (χ2n) is 6.09. The van der Waals surface area contributed by atoms with Crippen molar-refractivity contribution in [2.24, 2.45) is 0 Å². The van der Waals surface area contributed by atoms with Crippen molar-refractivity contribution in [2.45, 2.75) is 39.3 Å². The van der Waals surface area contributed by atoms with Gasteiger partial charge in [-0.3, -0.25) is 0 Å². The first kappa shape index (κ1) is 17.1. The molecule has 0 fully saturated rings. The van der Waals surface area contributed by atoms with Crippen molar-refractivity contribution in [3.8, 4) is 0 Å². The number of hydrogen-bond donors (Lipinski definition) is 3. The molecule has 1 aromatic heterocycles. The van der Waals surface area contributed by atoms with Crippen LogP contribution in [0.4, 0.5) is 4.79 Å². The summed E-state index contributed by atoms with van der Waals surface area (Å²) in [6.07, 6.45) is 1.49. The average molecular weight is 316 g/mol. The molecule has 0 saturated carbocycles. The average Bonchev–Trinajstić information content (AvgIpc) is 3.03. The first-order valence-electron chi connectivity index (χ1n) is 7.68. The minimum absolute atomic E-state index is 0.0614. The number of benzene rings is 1. The summed E-state index contributed by atoms with van der Waals surface area (Å²) < 4.78 is 5.19. The van der Waals surface area contributed by atoms with E-state index in [4.69, 9.17) is 4.42 Å². The number of aliphatic hydroxyl groups is 1. The zero-order valence-corrected chi connectivity index (χ0v) is 14.0. The molecule has 2 atom stereocenters. The highest BCUT2D eigenvalue weighted by atomic mass is 16.4. The topological polar surface area (TPSA) is 74.5 Å². The number of hydrogen-bond acceptors (Lipinski definition) is 3. The first-order valence-corrected chi connectivity index (χ1v) is 7.68.